The lowest BCUT2D eigenvalue weighted by Gasteiger charge is -2.16. The normalized spacial score (nSPS) is 12.2. The van der Waals surface area contributed by atoms with Gasteiger partial charge in [-0.25, -0.2) is 4.79 Å². The molecule has 4 nitrogen and oxygen atoms in total. The lowest BCUT2D eigenvalue weighted by Crippen LogP contribution is -2.42. The average molecular weight is 328 g/mol. The van der Waals surface area contributed by atoms with Crippen LogP contribution < -0.4 is 5.32 Å². The number of amides is 1. The van der Waals surface area contributed by atoms with Crippen LogP contribution in [0.5, 0.6) is 0 Å². The highest BCUT2D eigenvalue weighted by atomic mass is 79.9. The van der Waals surface area contributed by atoms with Crippen molar-refractivity contribution in [3.05, 3.63) is 34.3 Å². The molecular weight excluding hydrogens is 310 g/mol. The van der Waals surface area contributed by atoms with Crippen LogP contribution in [-0.2, 0) is 16.0 Å². The minimum absolute atomic E-state index is 0.190. The second-order valence-corrected chi connectivity index (χ2v) is 5.81. The highest BCUT2D eigenvalue weighted by Crippen LogP contribution is 2.11. The second kappa shape index (κ2) is 7.28. The monoisotopic (exact) mass is 327 g/mol. The summed E-state index contributed by atoms with van der Waals surface area (Å²) in [6, 6.07) is 6.56. The summed E-state index contributed by atoms with van der Waals surface area (Å²) in [5, 5.41) is 11.6. The van der Waals surface area contributed by atoms with Gasteiger partial charge in [0.05, 0.1) is 6.42 Å². The van der Waals surface area contributed by atoms with Gasteiger partial charge in [-0.2, -0.15) is 0 Å². The van der Waals surface area contributed by atoms with E-state index in [0.29, 0.717) is 6.42 Å². The van der Waals surface area contributed by atoms with E-state index >= 15 is 0 Å². The van der Waals surface area contributed by atoms with E-state index < -0.39 is 12.0 Å². The van der Waals surface area contributed by atoms with Crippen LogP contribution in [0.4, 0.5) is 0 Å². The third kappa shape index (κ3) is 5.87. The minimum Gasteiger partial charge on any atom is -0.480 e. The van der Waals surface area contributed by atoms with Crippen molar-refractivity contribution in [1.82, 2.24) is 5.32 Å². The summed E-state index contributed by atoms with van der Waals surface area (Å²) in [5.74, 6) is -1.04. The number of hydrogen-bond donors (Lipinski definition) is 2. The first-order chi connectivity index (χ1) is 8.88. The van der Waals surface area contributed by atoms with Gasteiger partial charge in [0.25, 0.3) is 0 Å². The fraction of sp³-hybridized carbons (Fsp3) is 0.429. The molecule has 1 amide bonds. The molecule has 104 valence electrons. The van der Waals surface area contributed by atoms with Crippen LogP contribution in [0.3, 0.4) is 0 Å². The fourth-order valence-corrected chi connectivity index (χ4v) is 1.99. The number of carboxylic acid groups (broad SMARTS) is 1. The summed E-state index contributed by atoms with van der Waals surface area (Å²) in [7, 11) is 0. The van der Waals surface area contributed by atoms with Crippen molar-refractivity contribution >= 4 is 27.8 Å². The van der Waals surface area contributed by atoms with Gasteiger partial charge >= 0.3 is 5.97 Å². The maximum Gasteiger partial charge on any atom is 0.326 e. The molecule has 0 aliphatic carbocycles. The lowest BCUT2D eigenvalue weighted by molar-refractivity contribution is -0.142. The summed E-state index contributed by atoms with van der Waals surface area (Å²) in [6.07, 6.45) is 0.622. The highest BCUT2D eigenvalue weighted by Gasteiger charge is 2.20. The Balaban J connectivity index is 2.57. The second-order valence-electron chi connectivity index (χ2n) is 4.89. The van der Waals surface area contributed by atoms with E-state index in [2.05, 4.69) is 21.2 Å². The third-order valence-corrected chi connectivity index (χ3v) is 3.15. The lowest BCUT2D eigenvalue weighted by atomic mass is 10.0. The molecule has 0 radical (unpaired) electrons. The summed E-state index contributed by atoms with van der Waals surface area (Å²) < 4.78 is 0.944. The summed E-state index contributed by atoms with van der Waals surface area (Å²) in [5.41, 5.74) is 0.856. The van der Waals surface area contributed by atoms with E-state index in [-0.39, 0.29) is 18.2 Å². The number of nitrogens with one attached hydrogen (secondary N) is 1. The van der Waals surface area contributed by atoms with E-state index in [4.69, 9.17) is 5.11 Å². The molecular formula is C14H18BrNO3. The summed E-state index contributed by atoms with van der Waals surface area (Å²) in [4.78, 5) is 22.9. The number of carbonyl (C=O) groups is 2. The standard InChI is InChI=1S/C14H18BrNO3/c1-9(2)7-12(14(18)19)16-13(17)8-10-3-5-11(15)6-4-10/h3-6,9,12H,7-8H2,1-2H3,(H,16,17)(H,18,19). The topological polar surface area (TPSA) is 66.4 Å². The number of benzene rings is 1. The Morgan fingerprint density at radius 2 is 1.84 bits per heavy atom. The average Bonchev–Trinajstić information content (AvgIpc) is 2.30. The molecule has 0 bridgehead atoms. The molecule has 1 rings (SSSR count). The van der Waals surface area contributed by atoms with Gasteiger partial charge in [0.2, 0.25) is 5.91 Å². The Morgan fingerprint density at radius 1 is 1.26 bits per heavy atom. The van der Waals surface area contributed by atoms with Crippen molar-refractivity contribution < 1.29 is 14.7 Å². The summed E-state index contributed by atoms with van der Waals surface area (Å²) >= 11 is 3.32. The third-order valence-electron chi connectivity index (χ3n) is 2.62. The van der Waals surface area contributed by atoms with Gasteiger partial charge in [-0.3, -0.25) is 4.79 Å². The van der Waals surface area contributed by atoms with Crippen LogP contribution in [0, 0.1) is 5.92 Å². The Hall–Kier alpha value is -1.36. The smallest absolute Gasteiger partial charge is 0.326 e. The first kappa shape index (κ1) is 15.7. The van der Waals surface area contributed by atoms with Crippen molar-refractivity contribution in [2.24, 2.45) is 5.92 Å². The van der Waals surface area contributed by atoms with Crippen LogP contribution in [-0.4, -0.2) is 23.0 Å². The quantitative estimate of drug-likeness (QED) is 0.844. The molecule has 0 spiro atoms. The molecule has 0 saturated heterocycles. The Morgan fingerprint density at radius 3 is 2.32 bits per heavy atom. The molecule has 1 aromatic carbocycles. The van der Waals surface area contributed by atoms with Crippen molar-refractivity contribution in [3.8, 4) is 0 Å². The van der Waals surface area contributed by atoms with Gasteiger partial charge in [-0.05, 0) is 30.0 Å². The van der Waals surface area contributed by atoms with E-state index in [1.54, 1.807) is 0 Å². The molecule has 0 saturated carbocycles. The van der Waals surface area contributed by atoms with Crippen LogP contribution >= 0.6 is 15.9 Å². The molecule has 5 heteroatoms. The molecule has 2 N–H and O–H groups in total. The first-order valence-corrected chi connectivity index (χ1v) is 6.94. The van der Waals surface area contributed by atoms with Crippen LogP contribution in [0.25, 0.3) is 0 Å². The van der Waals surface area contributed by atoms with Crippen LogP contribution in [0.2, 0.25) is 0 Å². The predicted molar refractivity (Wildman–Crippen MR) is 76.9 cm³/mol. The molecule has 0 aliphatic rings. The van der Waals surface area contributed by atoms with E-state index in [0.717, 1.165) is 10.0 Å². The van der Waals surface area contributed by atoms with E-state index in [1.165, 1.54) is 0 Å². The minimum atomic E-state index is -0.988. The largest absolute Gasteiger partial charge is 0.480 e. The summed E-state index contributed by atoms with van der Waals surface area (Å²) in [6.45, 7) is 3.85. The van der Waals surface area contributed by atoms with E-state index in [9.17, 15) is 9.59 Å². The van der Waals surface area contributed by atoms with Crippen molar-refractivity contribution in [2.75, 3.05) is 0 Å². The molecule has 1 aromatic rings. The fourth-order valence-electron chi connectivity index (χ4n) is 1.73. The number of carbonyl (C=O) groups excluding carboxylic acids is 1. The van der Waals surface area contributed by atoms with Crippen molar-refractivity contribution in [3.63, 3.8) is 0 Å². The van der Waals surface area contributed by atoms with Crippen LogP contribution in [0.15, 0.2) is 28.7 Å². The highest BCUT2D eigenvalue weighted by molar-refractivity contribution is 9.10. The Labute approximate surface area is 121 Å². The molecule has 0 fully saturated rings. The molecule has 1 unspecified atom stereocenters. The van der Waals surface area contributed by atoms with Crippen molar-refractivity contribution in [2.45, 2.75) is 32.7 Å². The number of rotatable bonds is 6. The van der Waals surface area contributed by atoms with Gasteiger partial charge in [0, 0.05) is 4.47 Å². The Kier molecular flexibility index (Phi) is 6.02. The Bertz CT molecular complexity index is 443. The van der Waals surface area contributed by atoms with Gasteiger partial charge < -0.3 is 10.4 Å². The van der Waals surface area contributed by atoms with Gasteiger partial charge in [-0.1, -0.05) is 41.9 Å². The number of carboxylic acids is 1. The predicted octanol–water partition coefficient (Wildman–Crippen LogP) is 2.61. The van der Waals surface area contributed by atoms with Gasteiger partial charge in [0.1, 0.15) is 6.04 Å². The van der Waals surface area contributed by atoms with Crippen molar-refractivity contribution in [1.29, 1.82) is 0 Å². The molecule has 1 atom stereocenters. The van der Waals surface area contributed by atoms with Gasteiger partial charge in [0.15, 0.2) is 0 Å². The van der Waals surface area contributed by atoms with Gasteiger partial charge in [-0.15, -0.1) is 0 Å². The molecule has 19 heavy (non-hydrogen) atoms. The SMILES string of the molecule is CC(C)CC(NC(=O)Cc1ccc(Br)cc1)C(=O)O. The first-order valence-electron chi connectivity index (χ1n) is 6.15. The number of hydrogen-bond acceptors (Lipinski definition) is 2. The zero-order chi connectivity index (χ0) is 14.4. The number of halogens is 1. The van der Waals surface area contributed by atoms with Crippen LogP contribution in [0.1, 0.15) is 25.8 Å². The maximum absolute atomic E-state index is 11.8. The molecule has 0 heterocycles. The van der Waals surface area contributed by atoms with E-state index in [1.807, 2.05) is 38.1 Å². The molecule has 0 aliphatic heterocycles. The number of aliphatic carboxylic acids is 1. The maximum atomic E-state index is 11.8. The zero-order valence-electron chi connectivity index (χ0n) is 11.0. The zero-order valence-corrected chi connectivity index (χ0v) is 12.6. The molecule has 0 aromatic heterocycles.